The Morgan fingerprint density at radius 3 is 2.38 bits per heavy atom. The average Bonchev–Trinajstić information content (AvgIpc) is 2.57. The predicted octanol–water partition coefficient (Wildman–Crippen LogP) is 1.82. The van der Waals surface area contributed by atoms with Crippen LogP contribution in [0.15, 0.2) is 24.3 Å². The maximum Gasteiger partial charge on any atom is 0.317 e. The average molecular weight is 335 g/mol. The Labute approximate surface area is 142 Å². The number of rotatable bonds is 5. The zero-order valence-corrected chi connectivity index (χ0v) is 14.0. The summed E-state index contributed by atoms with van der Waals surface area (Å²) < 4.78 is 12.9. The molecule has 1 aliphatic heterocycles. The molecule has 2 fully saturated rings. The van der Waals surface area contributed by atoms with Crippen molar-refractivity contribution in [2.75, 3.05) is 39.3 Å². The Hall–Kier alpha value is -1.66. The molecule has 0 unspecified atom stereocenters. The van der Waals surface area contributed by atoms with Crippen LogP contribution in [0.1, 0.15) is 24.8 Å². The Balaban J connectivity index is 1.41. The minimum atomic E-state index is -0.215. The van der Waals surface area contributed by atoms with Crippen molar-refractivity contribution in [1.29, 1.82) is 0 Å². The van der Waals surface area contributed by atoms with Gasteiger partial charge in [-0.05, 0) is 30.5 Å². The van der Waals surface area contributed by atoms with Crippen molar-refractivity contribution >= 4 is 6.03 Å². The minimum Gasteiger partial charge on any atom is -0.396 e. The van der Waals surface area contributed by atoms with Crippen LogP contribution >= 0.6 is 0 Å². The molecule has 2 N–H and O–H groups in total. The number of amides is 2. The third-order valence-electron chi connectivity index (χ3n) is 5.34. The van der Waals surface area contributed by atoms with Crippen LogP contribution in [0.4, 0.5) is 9.18 Å². The van der Waals surface area contributed by atoms with Crippen LogP contribution in [-0.4, -0.2) is 60.3 Å². The van der Waals surface area contributed by atoms with Gasteiger partial charge in [0.1, 0.15) is 5.82 Å². The fraction of sp³-hybridized carbons (Fsp3) is 0.611. The highest BCUT2D eigenvalue weighted by molar-refractivity contribution is 5.74. The second kappa shape index (κ2) is 7.49. The Morgan fingerprint density at radius 1 is 1.17 bits per heavy atom. The smallest absolute Gasteiger partial charge is 0.317 e. The molecule has 2 amide bonds. The van der Waals surface area contributed by atoms with E-state index in [-0.39, 0.29) is 23.9 Å². The lowest BCUT2D eigenvalue weighted by Crippen LogP contribution is -2.54. The zero-order chi connectivity index (χ0) is 17.0. The molecule has 0 radical (unpaired) electrons. The fourth-order valence-electron chi connectivity index (χ4n) is 3.40. The van der Waals surface area contributed by atoms with E-state index in [4.69, 9.17) is 0 Å². The summed E-state index contributed by atoms with van der Waals surface area (Å²) in [6.45, 7) is 4.52. The molecule has 1 aromatic rings. The van der Waals surface area contributed by atoms with Gasteiger partial charge in [-0.3, -0.25) is 4.90 Å². The van der Waals surface area contributed by atoms with Crippen LogP contribution in [0.2, 0.25) is 0 Å². The third-order valence-corrected chi connectivity index (χ3v) is 5.34. The second-order valence-corrected chi connectivity index (χ2v) is 7.06. The molecular formula is C18H26FN3O2. The number of hydrogen-bond donors (Lipinski definition) is 2. The predicted molar refractivity (Wildman–Crippen MR) is 90.0 cm³/mol. The number of urea groups is 1. The molecular weight excluding hydrogens is 309 g/mol. The van der Waals surface area contributed by atoms with E-state index in [1.807, 2.05) is 4.90 Å². The number of aliphatic hydroxyl groups is 1. The van der Waals surface area contributed by atoms with Gasteiger partial charge in [0.25, 0.3) is 0 Å². The molecule has 5 nitrogen and oxygen atoms in total. The molecule has 0 aromatic heterocycles. The molecule has 132 valence electrons. The van der Waals surface area contributed by atoms with Gasteiger partial charge >= 0.3 is 6.03 Å². The lowest BCUT2D eigenvalue weighted by atomic mass is 9.69. The van der Waals surface area contributed by atoms with Crippen molar-refractivity contribution in [1.82, 2.24) is 15.1 Å². The van der Waals surface area contributed by atoms with E-state index >= 15 is 0 Å². The summed E-state index contributed by atoms with van der Waals surface area (Å²) in [6.07, 6.45) is 3.13. The second-order valence-electron chi connectivity index (χ2n) is 7.06. The van der Waals surface area contributed by atoms with Gasteiger partial charge in [0.2, 0.25) is 0 Å². The molecule has 3 rings (SSSR count). The van der Waals surface area contributed by atoms with Gasteiger partial charge in [-0.15, -0.1) is 0 Å². The lowest BCUT2D eigenvalue weighted by Gasteiger charge is -2.41. The first kappa shape index (κ1) is 17.2. The fourth-order valence-corrected chi connectivity index (χ4v) is 3.40. The quantitative estimate of drug-likeness (QED) is 0.863. The van der Waals surface area contributed by atoms with Gasteiger partial charge in [-0.1, -0.05) is 18.6 Å². The Bertz CT molecular complexity index is 546. The third kappa shape index (κ3) is 4.05. The molecule has 1 aliphatic carbocycles. The standard InChI is InChI=1S/C18H26FN3O2/c19-16-4-2-15(3-5-16)12-21-8-10-22(11-9-21)17(24)20-13-18(14-23)6-1-7-18/h2-5,23H,1,6-14H2,(H,20,24). The number of piperazine rings is 1. The molecule has 0 bridgehead atoms. The molecule has 1 heterocycles. The van der Waals surface area contributed by atoms with E-state index in [1.165, 1.54) is 12.1 Å². The van der Waals surface area contributed by atoms with Crippen LogP contribution in [0.25, 0.3) is 0 Å². The van der Waals surface area contributed by atoms with Gasteiger partial charge < -0.3 is 15.3 Å². The maximum absolute atomic E-state index is 12.9. The van der Waals surface area contributed by atoms with Gasteiger partial charge in [-0.2, -0.15) is 0 Å². The lowest BCUT2D eigenvalue weighted by molar-refractivity contribution is 0.0447. The van der Waals surface area contributed by atoms with E-state index < -0.39 is 0 Å². The summed E-state index contributed by atoms with van der Waals surface area (Å²) in [4.78, 5) is 16.4. The molecule has 1 aromatic carbocycles. The maximum atomic E-state index is 12.9. The first-order valence-corrected chi connectivity index (χ1v) is 8.71. The highest BCUT2D eigenvalue weighted by atomic mass is 19.1. The normalized spacial score (nSPS) is 20.5. The summed E-state index contributed by atoms with van der Waals surface area (Å²) in [5.74, 6) is -0.215. The molecule has 0 atom stereocenters. The van der Waals surface area contributed by atoms with Crippen LogP contribution in [-0.2, 0) is 6.54 Å². The Morgan fingerprint density at radius 2 is 1.83 bits per heavy atom. The van der Waals surface area contributed by atoms with E-state index in [0.717, 1.165) is 44.5 Å². The van der Waals surface area contributed by atoms with E-state index in [1.54, 1.807) is 12.1 Å². The summed E-state index contributed by atoms with van der Waals surface area (Å²) in [5.41, 5.74) is 1.00. The van der Waals surface area contributed by atoms with E-state index in [2.05, 4.69) is 10.2 Å². The number of carbonyl (C=O) groups excluding carboxylic acids is 1. The number of aliphatic hydroxyl groups excluding tert-OH is 1. The van der Waals surface area contributed by atoms with E-state index in [9.17, 15) is 14.3 Å². The summed E-state index contributed by atoms with van der Waals surface area (Å²) in [5, 5.41) is 12.4. The van der Waals surface area contributed by atoms with Crippen LogP contribution in [0.3, 0.4) is 0 Å². The largest absolute Gasteiger partial charge is 0.396 e. The topological polar surface area (TPSA) is 55.8 Å². The summed E-state index contributed by atoms with van der Waals surface area (Å²) in [7, 11) is 0. The van der Waals surface area contributed by atoms with Crippen LogP contribution in [0, 0.1) is 11.2 Å². The summed E-state index contributed by atoms with van der Waals surface area (Å²) in [6, 6.07) is 6.55. The van der Waals surface area contributed by atoms with Crippen molar-refractivity contribution in [3.05, 3.63) is 35.6 Å². The number of hydrogen-bond acceptors (Lipinski definition) is 3. The molecule has 1 saturated carbocycles. The van der Waals surface area contributed by atoms with Crippen molar-refractivity contribution < 1.29 is 14.3 Å². The Kier molecular flexibility index (Phi) is 5.36. The first-order valence-electron chi connectivity index (χ1n) is 8.71. The highest BCUT2D eigenvalue weighted by Gasteiger charge is 2.37. The zero-order valence-electron chi connectivity index (χ0n) is 14.0. The van der Waals surface area contributed by atoms with Crippen LogP contribution in [0.5, 0.6) is 0 Å². The van der Waals surface area contributed by atoms with Crippen molar-refractivity contribution in [3.63, 3.8) is 0 Å². The van der Waals surface area contributed by atoms with E-state index in [0.29, 0.717) is 19.6 Å². The van der Waals surface area contributed by atoms with Crippen molar-refractivity contribution in [2.45, 2.75) is 25.8 Å². The monoisotopic (exact) mass is 335 g/mol. The van der Waals surface area contributed by atoms with Crippen molar-refractivity contribution in [2.24, 2.45) is 5.41 Å². The molecule has 0 spiro atoms. The molecule has 24 heavy (non-hydrogen) atoms. The molecule has 6 heteroatoms. The SMILES string of the molecule is O=C(NCC1(CO)CCC1)N1CCN(Cc2ccc(F)cc2)CC1. The number of halogens is 1. The van der Waals surface area contributed by atoms with Gasteiger partial charge in [0.05, 0.1) is 6.61 Å². The van der Waals surface area contributed by atoms with Gasteiger partial charge in [-0.25, -0.2) is 9.18 Å². The number of benzene rings is 1. The first-order chi connectivity index (χ1) is 11.6. The highest BCUT2D eigenvalue weighted by Crippen LogP contribution is 2.39. The number of nitrogens with one attached hydrogen (secondary N) is 1. The number of nitrogens with zero attached hydrogens (tertiary/aromatic N) is 2. The van der Waals surface area contributed by atoms with Gasteiger partial charge in [0, 0.05) is 44.7 Å². The van der Waals surface area contributed by atoms with Crippen LogP contribution < -0.4 is 5.32 Å². The van der Waals surface area contributed by atoms with Crippen molar-refractivity contribution in [3.8, 4) is 0 Å². The summed E-state index contributed by atoms with van der Waals surface area (Å²) >= 11 is 0. The minimum absolute atomic E-state index is 0.0313. The molecule has 2 aliphatic rings. The molecule has 1 saturated heterocycles. The van der Waals surface area contributed by atoms with Gasteiger partial charge in [0.15, 0.2) is 0 Å². The number of carbonyl (C=O) groups is 1.